The quantitative estimate of drug-likeness (QED) is 0.646. The molecule has 0 aromatic rings. The summed E-state index contributed by atoms with van der Waals surface area (Å²) in [5, 5.41) is 10.4. The van der Waals surface area contributed by atoms with Gasteiger partial charge in [-0.3, -0.25) is 4.79 Å². The van der Waals surface area contributed by atoms with Gasteiger partial charge in [-0.15, -0.1) is 0 Å². The number of hydrogen-bond acceptors (Lipinski definition) is 2. The lowest BCUT2D eigenvalue weighted by Crippen LogP contribution is -2.54. The van der Waals surface area contributed by atoms with Crippen LogP contribution in [-0.4, -0.2) is 16.5 Å². The summed E-state index contributed by atoms with van der Waals surface area (Å²) in [5.74, 6) is 0.327. The van der Waals surface area contributed by atoms with E-state index >= 15 is 0 Å². The average molecular weight is 196 g/mol. The van der Waals surface area contributed by atoms with Crippen LogP contribution in [0, 0.1) is 5.41 Å². The molecule has 0 saturated heterocycles. The highest BCUT2D eigenvalue weighted by molar-refractivity contribution is 5.86. The number of Topliss-reactive ketones (excluding diaryl/α,β-unsaturated/α-hetero) is 1. The Morgan fingerprint density at radius 1 is 1.07 bits per heavy atom. The van der Waals surface area contributed by atoms with Crippen molar-refractivity contribution in [2.75, 3.05) is 0 Å². The van der Waals surface area contributed by atoms with Crippen LogP contribution in [0.15, 0.2) is 0 Å². The molecule has 2 saturated carbocycles. The molecule has 0 aromatic carbocycles. The van der Waals surface area contributed by atoms with Crippen molar-refractivity contribution in [3.63, 3.8) is 0 Å². The smallest absolute Gasteiger partial charge is 0.141 e. The van der Waals surface area contributed by atoms with Crippen molar-refractivity contribution in [2.24, 2.45) is 5.41 Å². The molecule has 0 aromatic heterocycles. The molecule has 0 heterocycles. The van der Waals surface area contributed by atoms with Crippen molar-refractivity contribution in [2.45, 2.75) is 63.9 Å². The predicted molar refractivity (Wildman–Crippen MR) is 55.0 cm³/mol. The number of rotatable bonds is 0. The van der Waals surface area contributed by atoms with Gasteiger partial charge in [0.1, 0.15) is 5.78 Å². The van der Waals surface area contributed by atoms with Gasteiger partial charge >= 0.3 is 0 Å². The molecule has 2 rings (SSSR count). The first kappa shape index (κ1) is 10.2. The second-order valence-electron chi connectivity index (χ2n) is 5.19. The van der Waals surface area contributed by atoms with E-state index in [9.17, 15) is 9.90 Å². The second-order valence-corrected chi connectivity index (χ2v) is 5.19. The molecular formula is C12H20O2. The Bertz CT molecular complexity index is 239. The summed E-state index contributed by atoms with van der Waals surface area (Å²) in [4.78, 5) is 12.0. The van der Waals surface area contributed by atoms with Gasteiger partial charge in [-0.05, 0) is 32.6 Å². The van der Waals surface area contributed by atoms with E-state index < -0.39 is 5.60 Å². The van der Waals surface area contributed by atoms with E-state index in [1.54, 1.807) is 0 Å². The van der Waals surface area contributed by atoms with Crippen molar-refractivity contribution in [1.82, 2.24) is 0 Å². The van der Waals surface area contributed by atoms with E-state index in [2.05, 4.69) is 0 Å². The molecule has 2 nitrogen and oxygen atoms in total. The van der Waals surface area contributed by atoms with Gasteiger partial charge in [-0.25, -0.2) is 0 Å². The Hall–Kier alpha value is -0.370. The summed E-state index contributed by atoms with van der Waals surface area (Å²) in [7, 11) is 0. The van der Waals surface area contributed by atoms with Crippen LogP contribution in [0.3, 0.4) is 0 Å². The SMILES string of the molecule is CC1(O)CCCCC12CCCCC2=O. The van der Waals surface area contributed by atoms with Crippen LogP contribution in [0.4, 0.5) is 0 Å². The van der Waals surface area contributed by atoms with Crippen molar-refractivity contribution >= 4 is 5.78 Å². The van der Waals surface area contributed by atoms with Crippen molar-refractivity contribution in [1.29, 1.82) is 0 Å². The first-order valence-corrected chi connectivity index (χ1v) is 5.84. The number of aliphatic hydroxyl groups is 1. The van der Waals surface area contributed by atoms with Crippen LogP contribution in [0.2, 0.25) is 0 Å². The molecule has 0 radical (unpaired) electrons. The summed E-state index contributed by atoms with van der Waals surface area (Å²) in [5.41, 5.74) is -1.10. The minimum absolute atomic E-state index is 0.327. The van der Waals surface area contributed by atoms with Crippen molar-refractivity contribution < 1.29 is 9.90 Å². The first-order valence-electron chi connectivity index (χ1n) is 5.84. The molecular weight excluding hydrogens is 176 g/mol. The largest absolute Gasteiger partial charge is 0.389 e. The van der Waals surface area contributed by atoms with Crippen molar-refractivity contribution in [3.05, 3.63) is 0 Å². The average Bonchev–Trinajstić information content (AvgIpc) is 2.14. The lowest BCUT2D eigenvalue weighted by atomic mass is 9.57. The summed E-state index contributed by atoms with van der Waals surface area (Å²) >= 11 is 0. The number of carbonyl (C=O) groups excluding carboxylic acids is 1. The zero-order valence-electron chi connectivity index (χ0n) is 9.01. The fourth-order valence-corrected chi connectivity index (χ4v) is 3.33. The topological polar surface area (TPSA) is 37.3 Å². The van der Waals surface area contributed by atoms with E-state index in [0.717, 1.165) is 44.9 Å². The second kappa shape index (κ2) is 3.34. The fourth-order valence-electron chi connectivity index (χ4n) is 3.33. The monoisotopic (exact) mass is 196 g/mol. The summed E-state index contributed by atoms with van der Waals surface area (Å²) in [6.45, 7) is 1.87. The van der Waals surface area contributed by atoms with Crippen LogP contribution in [0.5, 0.6) is 0 Å². The molecule has 1 N–H and O–H groups in total. The van der Waals surface area contributed by atoms with E-state index in [1.165, 1.54) is 0 Å². The zero-order chi connectivity index (χ0) is 10.2. The molecule has 14 heavy (non-hydrogen) atoms. The van der Waals surface area contributed by atoms with Crippen molar-refractivity contribution in [3.8, 4) is 0 Å². The lowest BCUT2D eigenvalue weighted by molar-refractivity contribution is -0.159. The van der Waals surface area contributed by atoms with Gasteiger partial charge in [0, 0.05) is 6.42 Å². The zero-order valence-corrected chi connectivity index (χ0v) is 9.01. The molecule has 2 heteroatoms. The molecule has 0 aliphatic heterocycles. The Morgan fingerprint density at radius 3 is 2.21 bits per heavy atom. The highest BCUT2D eigenvalue weighted by atomic mass is 16.3. The molecule has 2 unspecified atom stereocenters. The third-order valence-electron chi connectivity index (χ3n) is 4.34. The molecule has 1 spiro atoms. The third-order valence-corrected chi connectivity index (χ3v) is 4.34. The van der Waals surface area contributed by atoms with Gasteiger partial charge in [-0.1, -0.05) is 19.3 Å². The maximum atomic E-state index is 12.0. The molecule has 0 amide bonds. The maximum Gasteiger partial charge on any atom is 0.141 e. The summed E-state index contributed by atoms with van der Waals surface area (Å²) < 4.78 is 0. The Labute approximate surface area is 85.7 Å². The number of ketones is 1. The number of carbonyl (C=O) groups is 1. The molecule has 2 atom stereocenters. The normalized spacial score (nSPS) is 44.3. The molecule has 2 aliphatic carbocycles. The van der Waals surface area contributed by atoms with Gasteiger partial charge in [0.25, 0.3) is 0 Å². The molecule has 0 bridgehead atoms. The maximum absolute atomic E-state index is 12.0. The van der Waals surface area contributed by atoms with Gasteiger partial charge in [0.05, 0.1) is 11.0 Å². The Balaban J connectivity index is 2.29. The van der Waals surface area contributed by atoms with Gasteiger partial charge < -0.3 is 5.11 Å². The minimum Gasteiger partial charge on any atom is -0.389 e. The van der Waals surface area contributed by atoms with E-state index in [4.69, 9.17) is 0 Å². The fraction of sp³-hybridized carbons (Fsp3) is 0.917. The van der Waals surface area contributed by atoms with Gasteiger partial charge in [0.15, 0.2) is 0 Å². The van der Waals surface area contributed by atoms with Crippen LogP contribution < -0.4 is 0 Å². The summed E-state index contributed by atoms with van der Waals surface area (Å²) in [6, 6.07) is 0. The highest BCUT2D eigenvalue weighted by Crippen LogP contribution is 2.51. The first-order chi connectivity index (χ1) is 6.58. The standard InChI is InChI=1S/C12H20O2/c1-11(14)7-4-5-9-12(11)8-3-2-6-10(12)13/h14H,2-9H2,1H3. The summed E-state index contributed by atoms with van der Waals surface area (Å²) in [6.07, 6.45) is 7.65. The van der Waals surface area contributed by atoms with E-state index in [0.29, 0.717) is 12.2 Å². The lowest BCUT2D eigenvalue weighted by Gasteiger charge is -2.49. The van der Waals surface area contributed by atoms with E-state index in [1.807, 2.05) is 6.92 Å². The number of hydrogen-bond donors (Lipinski definition) is 1. The van der Waals surface area contributed by atoms with Gasteiger partial charge in [0.2, 0.25) is 0 Å². The molecule has 80 valence electrons. The molecule has 2 aliphatic rings. The predicted octanol–water partition coefficient (Wildman–Crippen LogP) is 2.44. The van der Waals surface area contributed by atoms with Crippen LogP contribution in [-0.2, 0) is 4.79 Å². The Morgan fingerprint density at radius 2 is 1.64 bits per heavy atom. The molecule has 2 fully saturated rings. The van der Waals surface area contributed by atoms with Crippen LogP contribution in [0.25, 0.3) is 0 Å². The third kappa shape index (κ3) is 1.31. The van der Waals surface area contributed by atoms with Gasteiger partial charge in [-0.2, -0.15) is 0 Å². The van der Waals surface area contributed by atoms with Crippen LogP contribution >= 0.6 is 0 Å². The highest BCUT2D eigenvalue weighted by Gasteiger charge is 2.53. The minimum atomic E-state index is -0.733. The van der Waals surface area contributed by atoms with Crippen LogP contribution in [0.1, 0.15) is 58.3 Å². The van der Waals surface area contributed by atoms with E-state index in [-0.39, 0.29) is 5.41 Å². The Kier molecular flexibility index (Phi) is 2.42.